The number of piperidine rings is 1. The fourth-order valence-corrected chi connectivity index (χ4v) is 6.53. The van der Waals surface area contributed by atoms with Crippen LogP contribution in [0.1, 0.15) is 37.0 Å². The number of sulfonamides is 1. The van der Waals surface area contributed by atoms with Gasteiger partial charge in [-0.25, -0.2) is 8.42 Å². The van der Waals surface area contributed by atoms with Gasteiger partial charge in [-0.3, -0.25) is 0 Å². The van der Waals surface area contributed by atoms with Gasteiger partial charge < -0.3 is 4.74 Å². The van der Waals surface area contributed by atoms with Crippen LogP contribution in [0, 0.1) is 12.8 Å². The average Bonchev–Trinajstić information content (AvgIpc) is 2.64. The lowest BCUT2D eigenvalue weighted by Gasteiger charge is -2.53. The maximum absolute atomic E-state index is 13.4. The van der Waals surface area contributed by atoms with E-state index in [1.54, 1.807) is 23.5 Å². The van der Waals surface area contributed by atoms with Crippen LogP contribution < -0.4 is 4.74 Å². The molecule has 3 atom stereocenters. The van der Waals surface area contributed by atoms with E-state index in [1.165, 1.54) is 11.1 Å². The molecular formula is C22H27NO3S. The summed E-state index contributed by atoms with van der Waals surface area (Å²) in [6.07, 6.45) is 1.57. The highest BCUT2D eigenvalue weighted by Gasteiger charge is 2.51. The van der Waals surface area contributed by atoms with Crippen LogP contribution in [0.4, 0.5) is 0 Å². The third-order valence-electron chi connectivity index (χ3n) is 6.79. The number of ether oxygens (including phenoxy) is 1. The van der Waals surface area contributed by atoms with Gasteiger partial charge in [0.25, 0.3) is 0 Å². The number of methoxy groups -OCH3 is 1. The zero-order valence-corrected chi connectivity index (χ0v) is 17.2. The van der Waals surface area contributed by atoms with Crippen molar-refractivity contribution in [3.63, 3.8) is 0 Å². The Morgan fingerprint density at radius 1 is 1.15 bits per heavy atom. The summed E-state index contributed by atoms with van der Waals surface area (Å²) in [6.45, 7) is 7.00. The average molecular weight is 386 g/mol. The molecule has 0 spiro atoms. The normalized spacial score (nSPS) is 27.9. The number of nitrogens with zero attached hydrogens (tertiary/aromatic N) is 1. The summed E-state index contributed by atoms with van der Waals surface area (Å²) in [5.41, 5.74) is 3.59. The van der Waals surface area contributed by atoms with Crippen LogP contribution in [0.2, 0.25) is 0 Å². The van der Waals surface area contributed by atoms with Crippen LogP contribution in [0.25, 0.3) is 0 Å². The van der Waals surface area contributed by atoms with Gasteiger partial charge in [-0.05, 0) is 66.5 Å². The molecule has 2 aromatic carbocycles. The SMILES string of the molecule is COc1ccc2c(c1)[C@]1(C)CCN(S(=O)(=O)c3ccc(C)cc3)[C@H](C2)[C@H]1C. The van der Waals surface area contributed by atoms with E-state index in [-0.39, 0.29) is 17.4 Å². The Morgan fingerprint density at radius 2 is 1.85 bits per heavy atom. The highest BCUT2D eigenvalue weighted by Crippen LogP contribution is 2.50. The second-order valence-electron chi connectivity index (χ2n) is 8.18. The molecule has 0 radical (unpaired) electrons. The van der Waals surface area contributed by atoms with Gasteiger partial charge in [0.15, 0.2) is 0 Å². The first-order chi connectivity index (χ1) is 12.8. The van der Waals surface area contributed by atoms with Gasteiger partial charge in [0.1, 0.15) is 5.75 Å². The van der Waals surface area contributed by atoms with Crippen LogP contribution in [0.5, 0.6) is 5.75 Å². The van der Waals surface area contributed by atoms with Gasteiger partial charge in [0.2, 0.25) is 10.0 Å². The minimum atomic E-state index is -3.50. The van der Waals surface area contributed by atoms with Crippen molar-refractivity contribution < 1.29 is 13.2 Å². The summed E-state index contributed by atoms with van der Waals surface area (Å²) < 4.78 is 33.9. The highest BCUT2D eigenvalue weighted by atomic mass is 32.2. The van der Waals surface area contributed by atoms with E-state index in [0.717, 1.165) is 24.2 Å². The maximum atomic E-state index is 13.4. The molecule has 0 unspecified atom stereocenters. The molecule has 4 nitrogen and oxygen atoms in total. The molecule has 1 saturated heterocycles. The van der Waals surface area contributed by atoms with Crippen LogP contribution in [-0.2, 0) is 21.9 Å². The molecule has 1 aliphatic carbocycles. The Morgan fingerprint density at radius 3 is 2.52 bits per heavy atom. The van der Waals surface area contributed by atoms with Gasteiger partial charge in [0, 0.05) is 12.6 Å². The molecule has 144 valence electrons. The van der Waals surface area contributed by atoms with E-state index in [1.807, 2.05) is 25.1 Å². The van der Waals surface area contributed by atoms with Crippen molar-refractivity contribution in [1.29, 1.82) is 0 Å². The molecule has 2 bridgehead atoms. The molecule has 1 aliphatic heterocycles. The molecule has 2 aliphatic rings. The minimum absolute atomic E-state index is 0.0176. The zero-order valence-electron chi connectivity index (χ0n) is 16.4. The summed E-state index contributed by atoms with van der Waals surface area (Å²) >= 11 is 0. The van der Waals surface area contributed by atoms with E-state index < -0.39 is 10.0 Å². The van der Waals surface area contributed by atoms with E-state index in [2.05, 4.69) is 26.0 Å². The molecule has 0 amide bonds. The van der Waals surface area contributed by atoms with Crippen molar-refractivity contribution in [2.24, 2.45) is 5.92 Å². The molecule has 5 heteroatoms. The first-order valence-corrected chi connectivity index (χ1v) is 11.0. The van der Waals surface area contributed by atoms with Crippen molar-refractivity contribution in [2.45, 2.75) is 50.0 Å². The smallest absolute Gasteiger partial charge is 0.243 e. The molecule has 0 saturated carbocycles. The summed E-state index contributed by atoms with van der Waals surface area (Å²) in [5.74, 6) is 1.11. The summed E-state index contributed by atoms with van der Waals surface area (Å²) in [5, 5.41) is 0. The van der Waals surface area contributed by atoms with Crippen molar-refractivity contribution in [2.75, 3.05) is 13.7 Å². The minimum Gasteiger partial charge on any atom is -0.497 e. The summed E-state index contributed by atoms with van der Waals surface area (Å²) in [7, 11) is -1.81. The molecule has 27 heavy (non-hydrogen) atoms. The van der Waals surface area contributed by atoms with Gasteiger partial charge in [-0.2, -0.15) is 4.31 Å². The maximum Gasteiger partial charge on any atom is 0.243 e. The van der Waals surface area contributed by atoms with E-state index in [0.29, 0.717) is 11.4 Å². The topological polar surface area (TPSA) is 46.6 Å². The Labute approximate surface area is 162 Å². The number of hydrogen-bond acceptors (Lipinski definition) is 3. The second kappa shape index (κ2) is 6.35. The standard InChI is InChI=1S/C22H27NO3S/c1-15-5-9-19(10-6-15)27(24,25)23-12-11-22(3)16(2)21(23)13-17-7-8-18(26-4)14-20(17)22/h5-10,14,16,21H,11-13H2,1-4H3/t16-,21-,22-/m1/s1. The first kappa shape index (κ1) is 18.5. The van der Waals surface area contributed by atoms with Gasteiger partial charge >= 0.3 is 0 Å². The van der Waals surface area contributed by atoms with Gasteiger partial charge in [-0.15, -0.1) is 0 Å². The molecule has 1 heterocycles. The Bertz CT molecular complexity index is 968. The summed E-state index contributed by atoms with van der Waals surface area (Å²) in [4.78, 5) is 0.393. The largest absolute Gasteiger partial charge is 0.497 e. The first-order valence-electron chi connectivity index (χ1n) is 9.53. The lowest BCUT2D eigenvalue weighted by atomic mass is 9.59. The number of rotatable bonds is 3. The van der Waals surface area contributed by atoms with Crippen molar-refractivity contribution in [3.8, 4) is 5.75 Å². The van der Waals surface area contributed by atoms with E-state index in [4.69, 9.17) is 4.74 Å². The molecule has 0 aromatic heterocycles. The molecule has 4 rings (SSSR count). The van der Waals surface area contributed by atoms with Crippen molar-refractivity contribution in [1.82, 2.24) is 4.31 Å². The van der Waals surface area contributed by atoms with Crippen molar-refractivity contribution in [3.05, 3.63) is 59.2 Å². The monoisotopic (exact) mass is 385 g/mol. The van der Waals surface area contributed by atoms with E-state index >= 15 is 0 Å². The third kappa shape index (κ3) is 2.79. The zero-order chi connectivity index (χ0) is 19.4. The van der Waals surface area contributed by atoms with Crippen LogP contribution in [0.15, 0.2) is 47.4 Å². The van der Waals surface area contributed by atoms with Crippen LogP contribution in [0.3, 0.4) is 0 Å². The van der Waals surface area contributed by atoms with Gasteiger partial charge in [-0.1, -0.05) is 37.6 Å². The number of hydrogen-bond donors (Lipinski definition) is 0. The number of fused-ring (bicyclic) bond motifs is 4. The molecular weight excluding hydrogens is 358 g/mol. The molecule has 0 N–H and O–H groups in total. The van der Waals surface area contributed by atoms with Crippen LogP contribution >= 0.6 is 0 Å². The molecule has 1 fully saturated rings. The van der Waals surface area contributed by atoms with E-state index in [9.17, 15) is 8.42 Å². The van der Waals surface area contributed by atoms with Gasteiger partial charge in [0.05, 0.1) is 12.0 Å². The fourth-order valence-electron chi connectivity index (χ4n) is 4.83. The Balaban J connectivity index is 1.76. The number of benzene rings is 2. The Kier molecular flexibility index (Phi) is 4.35. The lowest BCUT2D eigenvalue weighted by molar-refractivity contribution is 0.0890. The predicted molar refractivity (Wildman–Crippen MR) is 107 cm³/mol. The number of aryl methyl sites for hydroxylation is 1. The third-order valence-corrected chi connectivity index (χ3v) is 8.73. The highest BCUT2D eigenvalue weighted by molar-refractivity contribution is 7.89. The molecule has 2 aromatic rings. The fraction of sp³-hybridized carbons (Fsp3) is 0.455. The van der Waals surface area contributed by atoms with Crippen molar-refractivity contribution >= 4 is 10.0 Å². The lowest BCUT2D eigenvalue weighted by Crippen LogP contribution is -2.59. The predicted octanol–water partition coefficient (Wildman–Crippen LogP) is 3.92. The van der Waals surface area contributed by atoms with Crippen LogP contribution in [-0.4, -0.2) is 32.4 Å². The summed E-state index contributed by atoms with van der Waals surface area (Å²) in [6, 6.07) is 13.4. The second-order valence-corrected chi connectivity index (χ2v) is 10.1. The Hall–Kier alpha value is -1.85. The quantitative estimate of drug-likeness (QED) is 0.805.